The number of rotatable bonds is 3. The van der Waals surface area contributed by atoms with E-state index in [0.717, 1.165) is 52.8 Å². The lowest BCUT2D eigenvalue weighted by Crippen LogP contribution is -2.49. The number of amides is 1. The Labute approximate surface area is 171 Å². The van der Waals surface area contributed by atoms with Crippen molar-refractivity contribution in [2.75, 3.05) is 31.1 Å². The van der Waals surface area contributed by atoms with E-state index in [-0.39, 0.29) is 5.91 Å². The zero-order valence-corrected chi connectivity index (χ0v) is 17.4. The van der Waals surface area contributed by atoms with Gasteiger partial charge in [0.2, 0.25) is 0 Å². The molecule has 150 valence electrons. The van der Waals surface area contributed by atoms with Crippen molar-refractivity contribution in [3.63, 3.8) is 0 Å². The topological polar surface area (TPSA) is 67.2 Å². The second-order valence-corrected chi connectivity index (χ2v) is 7.67. The Morgan fingerprint density at radius 1 is 0.897 bits per heavy atom. The molecule has 0 atom stereocenters. The molecular weight excluding hydrogens is 364 g/mol. The molecule has 7 nitrogen and oxygen atoms in total. The zero-order valence-electron chi connectivity index (χ0n) is 17.4. The summed E-state index contributed by atoms with van der Waals surface area (Å²) in [5.41, 5.74) is 4.92. The van der Waals surface area contributed by atoms with Crippen LogP contribution in [-0.4, -0.2) is 56.7 Å². The highest BCUT2D eigenvalue weighted by molar-refractivity contribution is 5.96. The lowest BCUT2D eigenvalue weighted by Gasteiger charge is -2.35. The summed E-state index contributed by atoms with van der Waals surface area (Å²) in [5, 5.41) is 4.51. The molecule has 3 heterocycles. The van der Waals surface area contributed by atoms with Crippen molar-refractivity contribution in [1.29, 1.82) is 0 Å². The number of piperazine rings is 1. The summed E-state index contributed by atoms with van der Waals surface area (Å²) in [6.45, 7) is 10.8. The van der Waals surface area contributed by atoms with Gasteiger partial charge in [-0.1, -0.05) is 17.7 Å². The third-order valence-electron chi connectivity index (χ3n) is 5.38. The number of hydrogen-bond acceptors (Lipinski definition) is 5. The lowest BCUT2D eigenvalue weighted by molar-refractivity contribution is 0.0745. The fourth-order valence-corrected chi connectivity index (χ4v) is 3.76. The van der Waals surface area contributed by atoms with Gasteiger partial charge < -0.3 is 9.80 Å². The largest absolute Gasteiger partial charge is 0.353 e. The molecule has 1 fully saturated rings. The highest BCUT2D eigenvalue weighted by atomic mass is 16.2. The Hall–Kier alpha value is -3.22. The summed E-state index contributed by atoms with van der Waals surface area (Å²) >= 11 is 0. The van der Waals surface area contributed by atoms with Crippen molar-refractivity contribution in [2.45, 2.75) is 27.7 Å². The summed E-state index contributed by atoms with van der Waals surface area (Å²) < 4.78 is 1.83. The van der Waals surface area contributed by atoms with Crippen LogP contribution < -0.4 is 4.90 Å². The van der Waals surface area contributed by atoms with Gasteiger partial charge in [-0.3, -0.25) is 4.79 Å². The number of aromatic nitrogens is 4. The summed E-state index contributed by atoms with van der Waals surface area (Å²) in [7, 11) is 0. The van der Waals surface area contributed by atoms with Crippen molar-refractivity contribution in [3.05, 3.63) is 64.7 Å². The van der Waals surface area contributed by atoms with Crippen molar-refractivity contribution in [2.24, 2.45) is 0 Å². The summed E-state index contributed by atoms with van der Waals surface area (Å²) in [5.74, 6) is 1.73. The summed E-state index contributed by atoms with van der Waals surface area (Å²) in [4.78, 5) is 25.9. The number of anilines is 1. The Morgan fingerprint density at radius 2 is 1.62 bits per heavy atom. The molecule has 0 saturated carbocycles. The smallest absolute Gasteiger partial charge is 0.254 e. The molecule has 1 aliphatic heterocycles. The summed E-state index contributed by atoms with van der Waals surface area (Å²) in [6, 6.07) is 10.0. The van der Waals surface area contributed by atoms with Crippen molar-refractivity contribution >= 4 is 11.7 Å². The van der Waals surface area contributed by atoms with Crippen LogP contribution >= 0.6 is 0 Å². The first kappa shape index (κ1) is 19.1. The van der Waals surface area contributed by atoms with E-state index in [1.165, 1.54) is 0 Å². The predicted molar refractivity (Wildman–Crippen MR) is 113 cm³/mol. The molecule has 29 heavy (non-hydrogen) atoms. The molecule has 1 aromatic carbocycles. The van der Waals surface area contributed by atoms with E-state index in [1.807, 2.05) is 67.6 Å². The Bertz CT molecular complexity index is 1050. The van der Waals surface area contributed by atoms with Gasteiger partial charge >= 0.3 is 0 Å². The molecule has 7 heteroatoms. The maximum absolute atomic E-state index is 13.0. The van der Waals surface area contributed by atoms with Crippen LogP contribution in [0.15, 0.2) is 36.7 Å². The number of aryl methyl sites for hydroxylation is 4. The number of nitrogens with zero attached hydrogens (tertiary/aromatic N) is 6. The Morgan fingerprint density at radius 3 is 2.31 bits per heavy atom. The van der Waals surface area contributed by atoms with E-state index in [9.17, 15) is 4.79 Å². The highest BCUT2D eigenvalue weighted by Gasteiger charge is 2.24. The minimum absolute atomic E-state index is 0.108. The van der Waals surface area contributed by atoms with E-state index in [0.29, 0.717) is 13.1 Å². The van der Waals surface area contributed by atoms with E-state index in [1.54, 1.807) is 6.33 Å². The molecule has 0 spiro atoms. The van der Waals surface area contributed by atoms with Gasteiger partial charge in [-0.15, -0.1) is 0 Å². The SMILES string of the molecule is Cc1ccc(C)c(C(=O)N2CCN(c3cc(-n4nc(C)cc4C)ncn3)CC2)c1. The Balaban J connectivity index is 1.47. The monoisotopic (exact) mass is 390 g/mol. The normalized spacial score (nSPS) is 14.3. The quantitative estimate of drug-likeness (QED) is 0.688. The van der Waals surface area contributed by atoms with Crippen LogP contribution in [0, 0.1) is 27.7 Å². The van der Waals surface area contributed by atoms with Gasteiger partial charge in [0.25, 0.3) is 5.91 Å². The zero-order chi connectivity index (χ0) is 20.5. The van der Waals surface area contributed by atoms with Gasteiger partial charge in [-0.2, -0.15) is 5.10 Å². The molecule has 1 saturated heterocycles. The molecule has 0 N–H and O–H groups in total. The van der Waals surface area contributed by atoms with Gasteiger partial charge in [-0.25, -0.2) is 14.6 Å². The minimum Gasteiger partial charge on any atom is -0.353 e. The highest BCUT2D eigenvalue weighted by Crippen LogP contribution is 2.19. The third kappa shape index (κ3) is 3.85. The fraction of sp³-hybridized carbons (Fsp3) is 0.364. The molecule has 0 radical (unpaired) electrons. The summed E-state index contributed by atoms with van der Waals surface area (Å²) in [6.07, 6.45) is 1.58. The van der Waals surface area contributed by atoms with E-state index < -0.39 is 0 Å². The third-order valence-corrected chi connectivity index (χ3v) is 5.38. The molecule has 0 bridgehead atoms. The van der Waals surface area contributed by atoms with E-state index in [2.05, 4.69) is 20.0 Å². The molecule has 0 aliphatic carbocycles. The molecule has 0 unspecified atom stereocenters. The Kier molecular flexibility index (Phi) is 5.05. The number of carbonyl (C=O) groups excluding carboxylic acids is 1. The van der Waals surface area contributed by atoms with Crippen LogP contribution in [0.4, 0.5) is 5.82 Å². The second-order valence-electron chi connectivity index (χ2n) is 7.67. The van der Waals surface area contributed by atoms with Gasteiger partial charge in [0, 0.05) is 43.5 Å². The van der Waals surface area contributed by atoms with Crippen molar-refractivity contribution in [3.8, 4) is 5.82 Å². The van der Waals surface area contributed by atoms with Gasteiger partial charge in [0.15, 0.2) is 5.82 Å². The standard InChI is InChI=1S/C22H26N6O/c1-15-5-6-16(2)19(11-15)22(29)27-9-7-26(8-10-27)20-13-21(24-14-23-20)28-18(4)12-17(3)25-28/h5-6,11-14H,7-10H2,1-4H3. The molecule has 1 amide bonds. The van der Waals surface area contributed by atoms with Crippen LogP contribution in [0.1, 0.15) is 32.9 Å². The van der Waals surface area contributed by atoms with Gasteiger partial charge in [0.1, 0.15) is 12.1 Å². The van der Waals surface area contributed by atoms with Gasteiger partial charge in [-0.05, 0) is 45.4 Å². The minimum atomic E-state index is 0.108. The van der Waals surface area contributed by atoms with E-state index >= 15 is 0 Å². The first-order valence-corrected chi connectivity index (χ1v) is 9.89. The van der Waals surface area contributed by atoms with E-state index in [4.69, 9.17) is 0 Å². The first-order chi connectivity index (χ1) is 13.9. The van der Waals surface area contributed by atoms with Crippen LogP contribution in [0.25, 0.3) is 5.82 Å². The fourth-order valence-electron chi connectivity index (χ4n) is 3.76. The number of hydrogen-bond donors (Lipinski definition) is 0. The average Bonchev–Trinajstić information content (AvgIpc) is 3.07. The lowest BCUT2D eigenvalue weighted by atomic mass is 10.0. The number of carbonyl (C=O) groups is 1. The van der Waals surface area contributed by atoms with Crippen LogP contribution in [0.2, 0.25) is 0 Å². The molecule has 2 aromatic heterocycles. The average molecular weight is 390 g/mol. The molecule has 3 aromatic rings. The van der Waals surface area contributed by atoms with Crippen LogP contribution in [0.3, 0.4) is 0 Å². The molecule has 1 aliphatic rings. The maximum Gasteiger partial charge on any atom is 0.254 e. The van der Waals surface area contributed by atoms with Gasteiger partial charge in [0.05, 0.1) is 5.69 Å². The molecule has 4 rings (SSSR count). The first-order valence-electron chi connectivity index (χ1n) is 9.89. The second kappa shape index (κ2) is 7.66. The number of benzene rings is 1. The van der Waals surface area contributed by atoms with Crippen LogP contribution in [0.5, 0.6) is 0 Å². The van der Waals surface area contributed by atoms with Crippen LogP contribution in [-0.2, 0) is 0 Å². The van der Waals surface area contributed by atoms with Crippen molar-refractivity contribution < 1.29 is 4.79 Å². The predicted octanol–water partition coefficient (Wildman–Crippen LogP) is 2.86. The van der Waals surface area contributed by atoms with Crippen molar-refractivity contribution in [1.82, 2.24) is 24.6 Å². The maximum atomic E-state index is 13.0. The molecular formula is C22H26N6O.